The van der Waals surface area contributed by atoms with Crippen LogP contribution >= 0.6 is 0 Å². The van der Waals surface area contributed by atoms with Crippen LogP contribution in [0.5, 0.6) is 0 Å². The third kappa shape index (κ3) is 4.15. The van der Waals surface area contributed by atoms with E-state index in [1.165, 1.54) is 18.2 Å². The van der Waals surface area contributed by atoms with E-state index in [4.69, 9.17) is 0 Å². The van der Waals surface area contributed by atoms with Gasteiger partial charge < -0.3 is 9.64 Å². The number of nitrogens with zero attached hydrogens (tertiary/aromatic N) is 1. The molecule has 0 heterocycles. The summed E-state index contributed by atoms with van der Waals surface area (Å²) in [7, 11) is 1.77. The van der Waals surface area contributed by atoms with E-state index in [-0.39, 0.29) is 5.56 Å². The molecular weight excluding hydrogens is 313 g/mol. The van der Waals surface area contributed by atoms with Gasteiger partial charge in [-0.1, -0.05) is 18.2 Å². The minimum absolute atomic E-state index is 0.350. The van der Waals surface area contributed by atoms with Crippen molar-refractivity contribution < 1.29 is 36.3 Å². The van der Waals surface area contributed by atoms with Crippen LogP contribution < -0.4 is 0 Å². The van der Waals surface area contributed by atoms with Gasteiger partial charge in [0.25, 0.3) is 0 Å². The molecule has 4 nitrogen and oxygen atoms in total. The fourth-order valence-electron chi connectivity index (χ4n) is 1.55. The summed E-state index contributed by atoms with van der Waals surface area (Å²) in [6.45, 7) is 0. The van der Waals surface area contributed by atoms with Crippen LogP contribution in [0.3, 0.4) is 0 Å². The number of ether oxygens (including phenoxy) is 1. The number of benzene rings is 1. The maximum Gasteiger partial charge on any atom is 0.420 e. The van der Waals surface area contributed by atoms with E-state index in [1.807, 2.05) is 0 Å². The predicted octanol–water partition coefficient (Wildman–Crippen LogP) is 2.70. The highest BCUT2D eigenvalue weighted by molar-refractivity contribution is 5.90. The molecule has 1 aromatic rings. The number of carbonyl (C=O) groups is 2. The van der Waals surface area contributed by atoms with Crippen molar-refractivity contribution in [2.24, 2.45) is 5.92 Å². The summed E-state index contributed by atoms with van der Waals surface area (Å²) < 4.78 is 69.4. The van der Waals surface area contributed by atoms with Crippen molar-refractivity contribution in [2.45, 2.75) is 12.3 Å². The molecule has 0 spiro atoms. The van der Waals surface area contributed by atoms with Crippen LogP contribution in [0.4, 0.5) is 22.0 Å². The molecule has 0 aromatic heterocycles. The molecule has 1 unspecified atom stereocenters. The molecule has 0 aliphatic carbocycles. The Kier molecular flexibility index (Phi) is 5.10. The van der Waals surface area contributed by atoms with Crippen LogP contribution in [-0.4, -0.2) is 43.2 Å². The van der Waals surface area contributed by atoms with Gasteiger partial charge in [-0.3, -0.25) is 4.79 Å². The Morgan fingerprint density at radius 2 is 1.55 bits per heavy atom. The average Bonchev–Trinajstić information content (AvgIpc) is 2.36. The van der Waals surface area contributed by atoms with Crippen LogP contribution in [0.15, 0.2) is 30.3 Å². The molecule has 0 aliphatic rings. The number of alkyl halides is 5. The van der Waals surface area contributed by atoms with Crippen molar-refractivity contribution in [3.63, 3.8) is 0 Å². The molecule has 122 valence electrons. The number of esters is 1. The normalized spacial score (nSPS) is 13.4. The Hall–Kier alpha value is -2.19. The Labute approximate surface area is 122 Å². The standard InChI is InChI=1S/C13H12F5NO3/c1-19(2)10(20)9(12(14,15)16)13(17,18)22-11(21)8-6-4-3-5-7-8/h3-7,9H,1-2H3. The molecule has 0 radical (unpaired) electrons. The Balaban J connectivity index is 3.07. The van der Waals surface area contributed by atoms with Gasteiger partial charge in [-0.15, -0.1) is 0 Å². The highest BCUT2D eigenvalue weighted by Crippen LogP contribution is 2.40. The predicted molar refractivity (Wildman–Crippen MR) is 65.0 cm³/mol. The molecule has 9 heteroatoms. The SMILES string of the molecule is CN(C)C(=O)C(C(F)(F)F)C(F)(F)OC(=O)c1ccccc1. The van der Waals surface area contributed by atoms with E-state index in [0.29, 0.717) is 4.90 Å². The molecule has 1 amide bonds. The van der Waals surface area contributed by atoms with E-state index in [2.05, 4.69) is 4.74 Å². The lowest BCUT2D eigenvalue weighted by molar-refractivity contribution is -0.305. The van der Waals surface area contributed by atoms with Crippen molar-refractivity contribution in [1.82, 2.24) is 4.90 Å². The topological polar surface area (TPSA) is 46.6 Å². The van der Waals surface area contributed by atoms with Gasteiger partial charge in [-0.25, -0.2) is 4.79 Å². The van der Waals surface area contributed by atoms with Crippen LogP contribution in [0, 0.1) is 5.92 Å². The maximum atomic E-state index is 13.7. The monoisotopic (exact) mass is 325 g/mol. The summed E-state index contributed by atoms with van der Waals surface area (Å²) in [6, 6.07) is 6.30. The average molecular weight is 325 g/mol. The second kappa shape index (κ2) is 6.29. The second-order valence-electron chi connectivity index (χ2n) is 4.52. The second-order valence-corrected chi connectivity index (χ2v) is 4.52. The summed E-state index contributed by atoms with van der Waals surface area (Å²) in [6.07, 6.45) is -10.6. The van der Waals surface area contributed by atoms with E-state index in [0.717, 1.165) is 26.2 Å². The van der Waals surface area contributed by atoms with E-state index in [9.17, 15) is 31.5 Å². The summed E-state index contributed by atoms with van der Waals surface area (Å²) in [5.41, 5.74) is -0.361. The first-order valence-corrected chi connectivity index (χ1v) is 5.91. The number of carbonyl (C=O) groups excluding carboxylic acids is 2. The molecule has 1 rings (SSSR count). The van der Waals surface area contributed by atoms with E-state index >= 15 is 0 Å². The van der Waals surface area contributed by atoms with Crippen LogP contribution in [0.2, 0.25) is 0 Å². The van der Waals surface area contributed by atoms with Gasteiger partial charge in [0.05, 0.1) is 5.56 Å². The molecule has 0 saturated carbocycles. The number of hydrogen-bond donors (Lipinski definition) is 0. The van der Waals surface area contributed by atoms with E-state index < -0.39 is 30.1 Å². The molecule has 0 bridgehead atoms. The summed E-state index contributed by atoms with van der Waals surface area (Å²) in [5, 5.41) is 0. The first-order valence-electron chi connectivity index (χ1n) is 5.91. The molecule has 1 atom stereocenters. The largest absolute Gasteiger partial charge is 0.420 e. The fourth-order valence-corrected chi connectivity index (χ4v) is 1.55. The summed E-state index contributed by atoms with van der Waals surface area (Å²) in [4.78, 5) is 23.2. The third-order valence-electron chi connectivity index (χ3n) is 2.59. The van der Waals surface area contributed by atoms with Crippen molar-refractivity contribution in [2.75, 3.05) is 14.1 Å². The molecule has 22 heavy (non-hydrogen) atoms. The fraction of sp³-hybridized carbons (Fsp3) is 0.385. The van der Waals surface area contributed by atoms with Gasteiger partial charge in [0.15, 0.2) is 0 Å². The lowest BCUT2D eigenvalue weighted by Crippen LogP contribution is -2.51. The van der Waals surface area contributed by atoms with Gasteiger partial charge in [0.2, 0.25) is 11.8 Å². The van der Waals surface area contributed by atoms with Gasteiger partial charge in [-0.2, -0.15) is 22.0 Å². The highest BCUT2D eigenvalue weighted by atomic mass is 19.4. The minimum Gasteiger partial charge on any atom is -0.396 e. The van der Waals surface area contributed by atoms with Crippen molar-refractivity contribution in [3.8, 4) is 0 Å². The molecule has 1 aromatic carbocycles. The lowest BCUT2D eigenvalue weighted by atomic mass is 10.1. The molecule has 0 fully saturated rings. The Morgan fingerprint density at radius 3 is 1.95 bits per heavy atom. The maximum absolute atomic E-state index is 13.7. The van der Waals surface area contributed by atoms with Crippen LogP contribution in [-0.2, 0) is 9.53 Å². The Bertz CT molecular complexity index is 542. The van der Waals surface area contributed by atoms with E-state index in [1.54, 1.807) is 0 Å². The minimum atomic E-state index is -5.58. The molecule has 0 saturated heterocycles. The highest BCUT2D eigenvalue weighted by Gasteiger charge is 2.63. The molecule has 0 N–H and O–H groups in total. The zero-order valence-electron chi connectivity index (χ0n) is 11.5. The smallest absolute Gasteiger partial charge is 0.396 e. The van der Waals surface area contributed by atoms with Gasteiger partial charge in [-0.05, 0) is 12.1 Å². The Morgan fingerprint density at radius 1 is 1.05 bits per heavy atom. The molecule has 0 aliphatic heterocycles. The number of halogens is 5. The van der Waals surface area contributed by atoms with Crippen LogP contribution in [0.1, 0.15) is 10.4 Å². The first-order chi connectivity index (χ1) is 9.97. The number of hydrogen-bond acceptors (Lipinski definition) is 3. The summed E-state index contributed by atoms with van der Waals surface area (Å²) in [5.74, 6) is -7.35. The lowest BCUT2D eigenvalue weighted by Gasteiger charge is -2.28. The van der Waals surface area contributed by atoms with Crippen molar-refractivity contribution in [1.29, 1.82) is 0 Å². The zero-order chi connectivity index (χ0) is 17.1. The summed E-state index contributed by atoms with van der Waals surface area (Å²) >= 11 is 0. The van der Waals surface area contributed by atoms with Gasteiger partial charge in [0, 0.05) is 14.1 Å². The van der Waals surface area contributed by atoms with Gasteiger partial charge in [0.1, 0.15) is 0 Å². The van der Waals surface area contributed by atoms with Crippen molar-refractivity contribution in [3.05, 3.63) is 35.9 Å². The first kappa shape index (κ1) is 17.9. The van der Waals surface area contributed by atoms with Crippen LogP contribution in [0.25, 0.3) is 0 Å². The number of rotatable bonds is 4. The van der Waals surface area contributed by atoms with Crippen molar-refractivity contribution >= 4 is 11.9 Å². The zero-order valence-corrected chi connectivity index (χ0v) is 11.5. The molecular formula is C13H12F5NO3. The third-order valence-corrected chi connectivity index (χ3v) is 2.59. The number of amides is 1. The quantitative estimate of drug-likeness (QED) is 0.632. The van der Waals surface area contributed by atoms with Gasteiger partial charge >= 0.3 is 18.3 Å².